The van der Waals surface area contributed by atoms with Gasteiger partial charge < -0.3 is 5.32 Å². The maximum absolute atomic E-state index is 13.2. The minimum atomic E-state index is -0.251. The molecule has 6 heteroatoms. The Labute approximate surface area is 172 Å². The van der Waals surface area contributed by atoms with Crippen LogP contribution in [-0.2, 0) is 11.3 Å². The zero-order valence-corrected chi connectivity index (χ0v) is 17.3. The third kappa shape index (κ3) is 3.59. The van der Waals surface area contributed by atoms with Gasteiger partial charge in [0.2, 0.25) is 5.91 Å². The molecule has 0 fully saturated rings. The molecule has 0 spiro atoms. The fourth-order valence-corrected chi connectivity index (χ4v) is 4.55. The fraction of sp³-hybridized carbons (Fsp3) is 0.174. The van der Waals surface area contributed by atoms with Crippen LogP contribution < -0.4 is 10.9 Å². The first-order valence-electron chi connectivity index (χ1n) is 9.35. The zero-order chi connectivity index (χ0) is 20.5. The van der Waals surface area contributed by atoms with Crippen LogP contribution in [0.3, 0.4) is 0 Å². The summed E-state index contributed by atoms with van der Waals surface area (Å²) in [5.41, 5.74) is 4.43. The number of para-hydroxylation sites is 1. The number of hydrogen-bond donors (Lipinski definition) is 1. The van der Waals surface area contributed by atoms with Crippen LogP contribution >= 0.6 is 11.3 Å². The SMILES string of the molecule is Cc1cccc(C)c1NC(=O)Cn1cnc2sc(C)c(-c3ccccc3)c2c1=O. The van der Waals surface area contributed by atoms with Gasteiger partial charge in [-0.25, -0.2) is 4.98 Å². The molecule has 0 aliphatic heterocycles. The molecule has 4 rings (SSSR count). The molecular weight excluding hydrogens is 382 g/mol. The van der Waals surface area contributed by atoms with Crippen molar-refractivity contribution >= 4 is 33.1 Å². The maximum atomic E-state index is 13.2. The van der Waals surface area contributed by atoms with E-state index in [-0.39, 0.29) is 18.0 Å². The first-order valence-corrected chi connectivity index (χ1v) is 10.2. The number of anilines is 1. The molecule has 5 nitrogen and oxygen atoms in total. The van der Waals surface area contributed by atoms with Crippen molar-refractivity contribution in [1.29, 1.82) is 0 Å². The number of carbonyl (C=O) groups is 1. The number of fused-ring (bicyclic) bond motifs is 1. The number of nitrogens with one attached hydrogen (secondary N) is 1. The monoisotopic (exact) mass is 403 g/mol. The van der Waals surface area contributed by atoms with Crippen molar-refractivity contribution in [3.05, 3.63) is 81.2 Å². The highest BCUT2D eigenvalue weighted by Gasteiger charge is 2.18. The fourth-order valence-electron chi connectivity index (χ4n) is 3.55. The summed E-state index contributed by atoms with van der Waals surface area (Å²) >= 11 is 1.50. The van der Waals surface area contributed by atoms with E-state index in [4.69, 9.17) is 0 Å². The molecule has 146 valence electrons. The number of benzene rings is 2. The van der Waals surface area contributed by atoms with E-state index in [9.17, 15) is 9.59 Å². The Kier molecular flexibility index (Phi) is 5.03. The number of nitrogens with zero attached hydrogens (tertiary/aromatic N) is 2. The minimum absolute atomic E-state index is 0.0847. The highest BCUT2D eigenvalue weighted by Crippen LogP contribution is 2.35. The Balaban J connectivity index is 1.71. The Morgan fingerprint density at radius 2 is 1.72 bits per heavy atom. The van der Waals surface area contributed by atoms with Crippen LogP contribution in [0.5, 0.6) is 0 Å². The quantitative estimate of drug-likeness (QED) is 0.538. The van der Waals surface area contributed by atoms with Gasteiger partial charge in [0.15, 0.2) is 0 Å². The third-order valence-electron chi connectivity index (χ3n) is 4.98. The summed E-state index contributed by atoms with van der Waals surface area (Å²) in [6.45, 7) is 5.80. The smallest absolute Gasteiger partial charge is 0.263 e. The van der Waals surface area contributed by atoms with Crippen LogP contribution in [0.1, 0.15) is 16.0 Å². The Bertz CT molecular complexity index is 1250. The van der Waals surface area contributed by atoms with Gasteiger partial charge in [0.05, 0.1) is 11.7 Å². The highest BCUT2D eigenvalue weighted by molar-refractivity contribution is 7.19. The summed E-state index contributed by atoms with van der Waals surface area (Å²) in [6, 6.07) is 15.7. The van der Waals surface area contributed by atoms with Crippen molar-refractivity contribution in [2.45, 2.75) is 27.3 Å². The van der Waals surface area contributed by atoms with Gasteiger partial charge in [-0.05, 0) is 37.5 Å². The Morgan fingerprint density at radius 1 is 1.03 bits per heavy atom. The van der Waals surface area contributed by atoms with Crippen LogP contribution in [0.25, 0.3) is 21.3 Å². The second-order valence-electron chi connectivity index (χ2n) is 7.07. The molecule has 2 aromatic carbocycles. The third-order valence-corrected chi connectivity index (χ3v) is 5.99. The van der Waals surface area contributed by atoms with Crippen molar-refractivity contribution in [2.24, 2.45) is 0 Å². The number of aromatic nitrogens is 2. The normalized spacial score (nSPS) is 11.0. The van der Waals surface area contributed by atoms with Gasteiger partial charge in [-0.1, -0.05) is 48.5 Å². The van der Waals surface area contributed by atoms with E-state index in [1.165, 1.54) is 22.2 Å². The second kappa shape index (κ2) is 7.64. The number of carbonyl (C=O) groups excluding carboxylic acids is 1. The van der Waals surface area contributed by atoms with Gasteiger partial charge in [-0.15, -0.1) is 11.3 Å². The van der Waals surface area contributed by atoms with Gasteiger partial charge in [0.1, 0.15) is 11.4 Å². The molecule has 2 aromatic heterocycles. The summed E-state index contributed by atoms with van der Waals surface area (Å²) in [5.74, 6) is -0.251. The molecule has 1 amide bonds. The van der Waals surface area contributed by atoms with Crippen molar-refractivity contribution in [3.63, 3.8) is 0 Å². The second-order valence-corrected chi connectivity index (χ2v) is 8.28. The van der Waals surface area contributed by atoms with E-state index in [0.717, 1.165) is 32.8 Å². The first kappa shape index (κ1) is 19.1. The topological polar surface area (TPSA) is 64.0 Å². The van der Waals surface area contributed by atoms with E-state index >= 15 is 0 Å². The molecule has 0 aliphatic rings. The summed E-state index contributed by atoms with van der Waals surface area (Å²) in [4.78, 5) is 32.0. The summed E-state index contributed by atoms with van der Waals surface area (Å²) in [6.07, 6.45) is 1.46. The lowest BCUT2D eigenvalue weighted by Gasteiger charge is -2.12. The lowest BCUT2D eigenvalue weighted by Crippen LogP contribution is -2.28. The van der Waals surface area contributed by atoms with Gasteiger partial charge in [0.25, 0.3) is 5.56 Å². The van der Waals surface area contributed by atoms with Gasteiger partial charge in [-0.3, -0.25) is 14.2 Å². The lowest BCUT2D eigenvalue weighted by molar-refractivity contribution is -0.116. The van der Waals surface area contributed by atoms with Crippen molar-refractivity contribution < 1.29 is 4.79 Å². The molecule has 2 heterocycles. The summed E-state index contributed by atoms with van der Waals surface area (Å²) in [5, 5.41) is 3.50. The van der Waals surface area contributed by atoms with Crippen LogP contribution in [0, 0.1) is 20.8 Å². The molecule has 29 heavy (non-hydrogen) atoms. The predicted octanol–water partition coefficient (Wildman–Crippen LogP) is 4.69. The maximum Gasteiger partial charge on any atom is 0.263 e. The average molecular weight is 404 g/mol. The number of rotatable bonds is 4. The first-order chi connectivity index (χ1) is 14.0. The summed E-state index contributed by atoms with van der Waals surface area (Å²) in [7, 11) is 0. The van der Waals surface area contributed by atoms with Gasteiger partial charge >= 0.3 is 0 Å². The van der Waals surface area contributed by atoms with E-state index in [1.807, 2.05) is 69.3 Å². The molecule has 1 N–H and O–H groups in total. The molecule has 0 saturated heterocycles. The Hall–Kier alpha value is -3.25. The minimum Gasteiger partial charge on any atom is -0.324 e. The Morgan fingerprint density at radius 3 is 2.41 bits per heavy atom. The summed E-state index contributed by atoms with van der Waals surface area (Å²) < 4.78 is 1.38. The molecule has 0 radical (unpaired) electrons. The van der Waals surface area contributed by atoms with Crippen LogP contribution in [0.4, 0.5) is 5.69 Å². The van der Waals surface area contributed by atoms with Crippen LogP contribution in [-0.4, -0.2) is 15.5 Å². The molecule has 0 aliphatic carbocycles. The predicted molar refractivity (Wildman–Crippen MR) is 119 cm³/mol. The van der Waals surface area contributed by atoms with E-state index in [2.05, 4.69) is 10.3 Å². The van der Waals surface area contributed by atoms with Gasteiger partial charge in [0, 0.05) is 16.1 Å². The molecule has 0 bridgehead atoms. The molecule has 0 saturated carbocycles. The lowest BCUT2D eigenvalue weighted by atomic mass is 10.0. The molecular formula is C23H21N3O2S. The molecule has 0 unspecified atom stereocenters. The zero-order valence-electron chi connectivity index (χ0n) is 16.5. The van der Waals surface area contributed by atoms with Crippen LogP contribution in [0.15, 0.2) is 59.7 Å². The molecule has 0 atom stereocenters. The molecule has 4 aromatic rings. The van der Waals surface area contributed by atoms with E-state index in [1.54, 1.807) is 0 Å². The number of amides is 1. The number of aryl methyl sites for hydroxylation is 3. The van der Waals surface area contributed by atoms with Crippen molar-refractivity contribution in [1.82, 2.24) is 9.55 Å². The van der Waals surface area contributed by atoms with E-state index in [0.29, 0.717) is 10.2 Å². The van der Waals surface area contributed by atoms with Crippen molar-refractivity contribution in [3.8, 4) is 11.1 Å². The average Bonchev–Trinajstić information content (AvgIpc) is 3.04. The van der Waals surface area contributed by atoms with E-state index < -0.39 is 0 Å². The standard InChI is InChI=1S/C23H21N3O2S/c1-14-8-7-9-15(2)21(14)25-18(27)12-26-13-24-22-20(23(26)28)19(16(3)29-22)17-10-5-4-6-11-17/h4-11,13H,12H2,1-3H3,(H,25,27). The number of thiophene rings is 1. The van der Waals surface area contributed by atoms with Crippen LogP contribution in [0.2, 0.25) is 0 Å². The highest BCUT2D eigenvalue weighted by atomic mass is 32.1. The number of hydrogen-bond acceptors (Lipinski definition) is 4. The van der Waals surface area contributed by atoms with Gasteiger partial charge in [-0.2, -0.15) is 0 Å². The van der Waals surface area contributed by atoms with Crippen molar-refractivity contribution in [2.75, 3.05) is 5.32 Å². The largest absolute Gasteiger partial charge is 0.324 e.